The monoisotopic (exact) mass is 471 g/mol. The first-order valence-electron chi connectivity index (χ1n) is 10.7. The molecule has 34 heavy (non-hydrogen) atoms. The van der Waals surface area contributed by atoms with Gasteiger partial charge in [-0.15, -0.1) is 0 Å². The Hall–Kier alpha value is -3.82. The number of pyridine rings is 1. The van der Waals surface area contributed by atoms with Crippen molar-refractivity contribution >= 4 is 11.7 Å². The molecule has 4 rings (SSSR count). The number of nitrogens with zero attached hydrogens (tertiary/aromatic N) is 2. The molecule has 1 aromatic carbocycles. The number of carbonyl (C=O) groups is 2. The fourth-order valence-corrected chi connectivity index (χ4v) is 3.28. The Bertz CT molecular complexity index is 1180. The van der Waals surface area contributed by atoms with E-state index in [0.717, 1.165) is 0 Å². The number of ether oxygens (including phenoxy) is 2. The first kappa shape index (κ1) is 23.3. The van der Waals surface area contributed by atoms with Gasteiger partial charge in [-0.25, -0.2) is 18.7 Å². The standard InChI is InChI=1S/C24H23F2N3O5/c1-14(29-15(2)30)8-20(31)21-12-28-23(34-21)16-6-7-22(27-11-16)33-19-5-3-4-18(9-19)32-13-17-10-24(17,25)26/h3-7,9,11-12,14,17H,8,10,13H2,1-2H3,(H,29,30). The van der Waals surface area contributed by atoms with Crippen LogP contribution in [0, 0.1) is 5.92 Å². The second-order valence-corrected chi connectivity index (χ2v) is 8.19. The van der Waals surface area contributed by atoms with Crippen molar-refractivity contribution in [3.63, 3.8) is 0 Å². The van der Waals surface area contributed by atoms with E-state index in [4.69, 9.17) is 13.9 Å². The summed E-state index contributed by atoms with van der Waals surface area (Å²) in [5.74, 6) is -2.37. The second-order valence-electron chi connectivity index (χ2n) is 8.19. The van der Waals surface area contributed by atoms with Crippen LogP contribution in [0.25, 0.3) is 11.5 Å². The summed E-state index contributed by atoms with van der Waals surface area (Å²) in [4.78, 5) is 31.8. The van der Waals surface area contributed by atoms with Crippen molar-refractivity contribution in [1.29, 1.82) is 0 Å². The number of benzene rings is 1. The zero-order chi connectivity index (χ0) is 24.3. The molecule has 0 bridgehead atoms. The van der Waals surface area contributed by atoms with Gasteiger partial charge in [-0.2, -0.15) is 0 Å². The summed E-state index contributed by atoms with van der Waals surface area (Å²) in [5.41, 5.74) is 0.545. The van der Waals surface area contributed by atoms with Crippen LogP contribution >= 0.6 is 0 Å². The van der Waals surface area contributed by atoms with Gasteiger partial charge in [0.15, 0.2) is 5.76 Å². The SMILES string of the molecule is CC(=O)NC(C)CC(=O)c1cnc(-c2ccc(Oc3cccc(OCC4CC4(F)F)c3)nc2)o1. The number of hydrogen-bond acceptors (Lipinski definition) is 7. The molecule has 2 unspecified atom stereocenters. The molecular formula is C24H23F2N3O5. The fraction of sp³-hybridized carbons (Fsp3) is 0.333. The van der Waals surface area contributed by atoms with Gasteiger partial charge in [0.05, 0.1) is 24.3 Å². The Morgan fingerprint density at radius 1 is 1.21 bits per heavy atom. The zero-order valence-electron chi connectivity index (χ0n) is 18.6. The molecule has 1 fully saturated rings. The van der Waals surface area contributed by atoms with Crippen LogP contribution in [0.3, 0.4) is 0 Å². The molecule has 1 aliphatic carbocycles. The van der Waals surface area contributed by atoms with Crippen molar-refractivity contribution in [3.8, 4) is 28.8 Å². The number of hydrogen-bond donors (Lipinski definition) is 1. The summed E-state index contributed by atoms with van der Waals surface area (Å²) in [5, 5.41) is 2.65. The van der Waals surface area contributed by atoms with E-state index in [1.54, 1.807) is 43.3 Å². The Morgan fingerprint density at radius 3 is 2.65 bits per heavy atom. The lowest BCUT2D eigenvalue weighted by Crippen LogP contribution is -2.32. The van der Waals surface area contributed by atoms with E-state index in [1.807, 2.05) is 0 Å². The predicted octanol–water partition coefficient (Wildman–Crippen LogP) is 4.66. The molecule has 1 saturated carbocycles. The number of alkyl halides is 2. The molecule has 0 aliphatic heterocycles. The summed E-state index contributed by atoms with van der Waals surface area (Å²) >= 11 is 0. The van der Waals surface area contributed by atoms with Gasteiger partial charge in [-0.1, -0.05) is 6.07 Å². The van der Waals surface area contributed by atoms with Crippen LogP contribution in [0.15, 0.2) is 53.2 Å². The molecule has 2 heterocycles. The molecule has 1 N–H and O–H groups in total. The molecule has 8 nitrogen and oxygen atoms in total. The quantitative estimate of drug-likeness (QED) is 0.429. The van der Waals surface area contributed by atoms with Gasteiger partial charge in [-0.3, -0.25) is 9.59 Å². The highest BCUT2D eigenvalue weighted by Crippen LogP contribution is 2.48. The maximum atomic E-state index is 13.0. The van der Waals surface area contributed by atoms with E-state index in [9.17, 15) is 18.4 Å². The average Bonchev–Trinajstić information content (AvgIpc) is 3.16. The first-order valence-corrected chi connectivity index (χ1v) is 10.7. The van der Waals surface area contributed by atoms with Crippen LogP contribution in [-0.4, -0.2) is 40.2 Å². The van der Waals surface area contributed by atoms with Crippen LogP contribution in [0.2, 0.25) is 0 Å². The Morgan fingerprint density at radius 2 is 1.97 bits per heavy atom. The lowest BCUT2D eigenvalue weighted by molar-refractivity contribution is -0.119. The van der Waals surface area contributed by atoms with Gasteiger partial charge in [0.2, 0.25) is 23.5 Å². The van der Waals surface area contributed by atoms with E-state index in [2.05, 4.69) is 15.3 Å². The minimum Gasteiger partial charge on any atom is -0.493 e. The molecule has 2 aromatic heterocycles. The molecule has 1 aliphatic rings. The highest BCUT2D eigenvalue weighted by Gasteiger charge is 2.57. The van der Waals surface area contributed by atoms with Crippen molar-refractivity contribution in [3.05, 3.63) is 54.6 Å². The fourth-order valence-electron chi connectivity index (χ4n) is 3.28. The number of ketones is 1. The topological polar surface area (TPSA) is 104 Å². The van der Waals surface area contributed by atoms with Crippen LogP contribution in [0.4, 0.5) is 8.78 Å². The molecule has 0 spiro atoms. The second kappa shape index (κ2) is 9.58. The third-order valence-electron chi connectivity index (χ3n) is 5.14. The van der Waals surface area contributed by atoms with E-state index in [1.165, 1.54) is 19.3 Å². The maximum absolute atomic E-state index is 13.0. The van der Waals surface area contributed by atoms with Crippen molar-refractivity contribution in [2.75, 3.05) is 6.61 Å². The van der Waals surface area contributed by atoms with Crippen LogP contribution in [-0.2, 0) is 4.79 Å². The normalized spacial score (nSPS) is 17.0. The summed E-state index contributed by atoms with van der Waals surface area (Å²) in [6.45, 7) is 3.07. The summed E-state index contributed by atoms with van der Waals surface area (Å²) in [6, 6.07) is 9.63. The van der Waals surface area contributed by atoms with Gasteiger partial charge in [-0.05, 0) is 25.1 Å². The lowest BCUT2D eigenvalue weighted by atomic mass is 10.1. The minimum absolute atomic E-state index is 0.0454. The molecule has 2 atom stereocenters. The number of rotatable bonds is 10. The Labute approximate surface area is 194 Å². The summed E-state index contributed by atoms with van der Waals surface area (Å²) < 4.78 is 42.7. The Kier molecular flexibility index (Phi) is 6.58. The smallest absolute Gasteiger partial charge is 0.255 e. The molecule has 3 aromatic rings. The zero-order valence-corrected chi connectivity index (χ0v) is 18.6. The van der Waals surface area contributed by atoms with Crippen LogP contribution in [0.1, 0.15) is 37.2 Å². The van der Waals surface area contributed by atoms with Crippen LogP contribution < -0.4 is 14.8 Å². The molecular weight excluding hydrogens is 448 g/mol. The van der Waals surface area contributed by atoms with Crippen molar-refractivity contribution < 1.29 is 32.3 Å². The molecule has 178 valence electrons. The van der Waals surface area contributed by atoms with Crippen LogP contribution in [0.5, 0.6) is 17.4 Å². The van der Waals surface area contributed by atoms with Gasteiger partial charge in [0, 0.05) is 44.1 Å². The predicted molar refractivity (Wildman–Crippen MR) is 117 cm³/mol. The molecule has 1 amide bonds. The minimum atomic E-state index is -2.62. The van der Waals surface area contributed by atoms with Crippen molar-refractivity contribution in [2.45, 2.75) is 38.7 Å². The number of oxazole rings is 1. The lowest BCUT2D eigenvalue weighted by Gasteiger charge is -2.09. The average molecular weight is 471 g/mol. The number of halogens is 2. The van der Waals surface area contributed by atoms with Gasteiger partial charge in [0.1, 0.15) is 11.5 Å². The first-order chi connectivity index (χ1) is 16.2. The van der Waals surface area contributed by atoms with E-state index in [0.29, 0.717) is 22.9 Å². The largest absolute Gasteiger partial charge is 0.493 e. The van der Waals surface area contributed by atoms with E-state index >= 15 is 0 Å². The number of nitrogens with one attached hydrogen (secondary N) is 1. The van der Waals surface area contributed by atoms with Crippen molar-refractivity contribution in [1.82, 2.24) is 15.3 Å². The summed E-state index contributed by atoms with van der Waals surface area (Å²) in [7, 11) is 0. The highest BCUT2D eigenvalue weighted by atomic mass is 19.3. The van der Waals surface area contributed by atoms with Crippen molar-refractivity contribution in [2.24, 2.45) is 5.92 Å². The highest BCUT2D eigenvalue weighted by molar-refractivity contribution is 5.94. The Balaban J connectivity index is 1.34. The molecule has 10 heteroatoms. The number of amides is 1. The molecule has 0 radical (unpaired) electrons. The third kappa shape index (κ3) is 5.94. The van der Waals surface area contributed by atoms with Gasteiger partial charge >= 0.3 is 0 Å². The van der Waals surface area contributed by atoms with E-state index < -0.39 is 11.8 Å². The number of Topliss-reactive ketones (excluding diaryl/α,β-unsaturated/α-hetero) is 1. The number of carbonyl (C=O) groups excluding carboxylic acids is 2. The van der Waals surface area contributed by atoms with Gasteiger partial charge in [0.25, 0.3) is 5.92 Å². The van der Waals surface area contributed by atoms with Gasteiger partial charge < -0.3 is 19.2 Å². The third-order valence-corrected chi connectivity index (χ3v) is 5.14. The number of aromatic nitrogens is 2. The molecule has 0 saturated heterocycles. The van der Waals surface area contributed by atoms with E-state index in [-0.39, 0.29) is 48.8 Å². The maximum Gasteiger partial charge on any atom is 0.255 e. The summed E-state index contributed by atoms with van der Waals surface area (Å²) in [6.07, 6.45) is 2.78.